The second kappa shape index (κ2) is 9.13. The van der Waals surface area contributed by atoms with Gasteiger partial charge in [0.2, 0.25) is 5.91 Å². The van der Waals surface area contributed by atoms with Gasteiger partial charge in [-0.3, -0.25) is 9.59 Å². The average molecular weight is 434 g/mol. The summed E-state index contributed by atoms with van der Waals surface area (Å²) < 4.78 is 5.21. The lowest BCUT2D eigenvalue weighted by Crippen LogP contribution is -2.56. The van der Waals surface area contributed by atoms with Gasteiger partial charge in [-0.15, -0.1) is 6.58 Å². The van der Waals surface area contributed by atoms with Gasteiger partial charge in [0.05, 0.1) is 18.4 Å². The molecule has 0 aliphatic carbocycles. The first-order valence-electron chi connectivity index (χ1n) is 10.6. The monoisotopic (exact) mass is 434 g/mol. The molecule has 0 radical (unpaired) electrons. The van der Waals surface area contributed by atoms with Crippen molar-refractivity contribution in [1.29, 1.82) is 0 Å². The number of benzene rings is 2. The van der Waals surface area contributed by atoms with Crippen molar-refractivity contribution < 1.29 is 19.1 Å². The number of urea groups is 1. The van der Waals surface area contributed by atoms with Crippen LogP contribution in [-0.2, 0) is 4.79 Å². The van der Waals surface area contributed by atoms with Crippen LogP contribution in [0.2, 0.25) is 0 Å². The van der Waals surface area contributed by atoms with Crippen LogP contribution in [0.4, 0.5) is 10.5 Å². The molecule has 2 heterocycles. The molecule has 166 valence electrons. The fourth-order valence-electron chi connectivity index (χ4n) is 4.15. The van der Waals surface area contributed by atoms with E-state index in [9.17, 15) is 14.4 Å². The van der Waals surface area contributed by atoms with Crippen molar-refractivity contribution in [1.82, 2.24) is 15.5 Å². The molecule has 0 aromatic heterocycles. The maximum absolute atomic E-state index is 13.4. The molecule has 4 amide bonds. The van der Waals surface area contributed by atoms with E-state index in [4.69, 9.17) is 4.74 Å². The molecule has 8 nitrogen and oxygen atoms in total. The second-order valence-electron chi connectivity index (χ2n) is 7.86. The van der Waals surface area contributed by atoms with Gasteiger partial charge >= 0.3 is 6.03 Å². The fraction of sp³-hybridized carbons (Fsp3) is 0.292. The molecule has 0 spiro atoms. The molecule has 1 saturated heterocycles. The summed E-state index contributed by atoms with van der Waals surface area (Å²) in [6, 6.07) is 11.9. The van der Waals surface area contributed by atoms with E-state index < -0.39 is 6.04 Å². The quantitative estimate of drug-likeness (QED) is 0.630. The second-order valence-corrected chi connectivity index (χ2v) is 7.86. The summed E-state index contributed by atoms with van der Waals surface area (Å²) in [5.74, 6) is 0.324. The van der Waals surface area contributed by atoms with Crippen molar-refractivity contribution in [2.75, 3.05) is 25.5 Å². The molecule has 2 aromatic rings. The smallest absolute Gasteiger partial charge is 0.315 e. The highest BCUT2D eigenvalue weighted by Gasteiger charge is 2.40. The van der Waals surface area contributed by atoms with E-state index >= 15 is 0 Å². The zero-order valence-corrected chi connectivity index (χ0v) is 17.9. The minimum Gasteiger partial charge on any atom is -0.497 e. The largest absolute Gasteiger partial charge is 0.497 e. The number of hydrogen-bond donors (Lipinski definition) is 3. The molecule has 0 saturated carbocycles. The third-order valence-corrected chi connectivity index (χ3v) is 5.84. The maximum atomic E-state index is 13.4. The van der Waals surface area contributed by atoms with Crippen LogP contribution in [-0.4, -0.2) is 55.0 Å². The minimum absolute atomic E-state index is 0.187. The molecule has 32 heavy (non-hydrogen) atoms. The molecule has 1 fully saturated rings. The van der Waals surface area contributed by atoms with E-state index in [1.54, 1.807) is 24.2 Å². The Kier molecular flexibility index (Phi) is 6.11. The lowest BCUT2D eigenvalue weighted by molar-refractivity contribution is -0.121. The summed E-state index contributed by atoms with van der Waals surface area (Å²) in [6.07, 6.45) is 2.53. The number of carbonyl (C=O) groups excluding carboxylic acids is 3. The van der Waals surface area contributed by atoms with Crippen molar-refractivity contribution in [3.63, 3.8) is 0 Å². The highest BCUT2D eigenvalue weighted by molar-refractivity contribution is 6.10. The molecule has 2 aromatic carbocycles. The van der Waals surface area contributed by atoms with Crippen molar-refractivity contribution >= 4 is 23.5 Å². The number of methoxy groups -OCH3 is 1. The van der Waals surface area contributed by atoms with Gasteiger partial charge in [-0.25, -0.2) is 4.79 Å². The third-order valence-electron chi connectivity index (χ3n) is 5.84. The highest BCUT2D eigenvalue weighted by atomic mass is 16.5. The lowest BCUT2D eigenvalue weighted by atomic mass is 9.96. The molecular weight excluding hydrogens is 408 g/mol. The number of nitrogens with one attached hydrogen (secondary N) is 3. The summed E-state index contributed by atoms with van der Waals surface area (Å²) in [6.45, 7) is 4.31. The van der Waals surface area contributed by atoms with Gasteiger partial charge in [0.25, 0.3) is 5.91 Å². The number of amides is 4. The van der Waals surface area contributed by atoms with Gasteiger partial charge in [-0.2, -0.15) is 0 Å². The topological polar surface area (TPSA) is 99.8 Å². The van der Waals surface area contributed by atoms with E-state index in [0.717, 1.165) is 16.9 Å². The van der Waals surface area contributed by atoms with Crippen molar-refractivity contribution in [3.05, 3.63) is 60.7 Å². The van der Waals surface area contributed by atoms with Crippen LogP contribution in [0.1, 0.15) is 23.2 Å². The molecule has 0 bridgehead atoms. The number of carbonyl (C=O) groups is 3. The van der Waals surface area contributed by atoms with E-state index in [1.165, 1.54) is 0 Å². The predicted octanol–water partition coefficient (Wildman–Crippen LogP) is 2.77. The Morgan fingerprint density at radius 3 is 2.69 bits per heavy atom. The Bertz CT molecular complexity index is 1050. The van der Waals surface area contributed by atoms with Crippen LogP contribution in [0.5, 0.6) is 5.75 Å². The fourth-order valence-corrected chi connectivity index (χ4v) is 4.15. The van der Waals surface area contributed by atoms with Gasteiger partial charge in [0.1, 0.15) is 11.8 Å². The normalized spacial score (nSPS) is 19.7. The summed E-state index contributed by atoms with van der Waals surface area (Å²) in [7, 11) is 1.61. The number of piperidine rings is 1. The summed E-state index contributed by atoms with van der Waals surface area (Å²) in [4.78, 5) is 39.9. The molecule has 2 aliphatic rings. The van der Waals surface area contributed by atoms with Crippen LogP contribution >= 0.6 is 0 Å². The molecule has 2 unspecified atom stereocenters. The zero-order valence-electron chi connectivity index (χ0n) is 17.9. The van der Waals surface area contributed by atoms with Crippen LogP contribution < -0.4 is 20.7 Å². The molecule has 2 aliphatic heterocycles. The van der Waals surface area contributed by atoms with E-state index in [1.807, 2.05) is 36.4 Å². The molecule has 4 rings (SSSR count). The van der Waals surface area contributed by atoms with Gasteiger partial charge < -0.3 is 25.6 Å². The van der Waals surface area contributed by atoms with E-state index in [-0.39, 0.29) is 23.9 Å². The first-order valence-corrected chi connectivity index (χ1v) is 10.6. The number of anilines is 1. The number of hydrogen-bond acceptors (Lipinski definition) is 4. The Morgan fingerprint density at radius 1 is 1.22 bits per heavy atom. The Labute approximate surface area is 186 Å². The minimum atomic E-state index is -0.641. The molecule has 8 heteroatoms. The zero-order chi connectivity index (χ0) is 22.7. The van der Waals surface area contributed by atoms with Gasteiger partial charge in [-0.1, -0.05) is 24.3 Å². The third kappa shape index (κ3) is 4.30. The first kappa shape index (κ1) is 21.4. The van der Waals surface area contributed by atoms with Crippen LogP contribution in [0.25, 0.3) is 11.1 Å². The Morgan fingerprint density at radius 2 is 1.97 bits per heavy atom. The van der Waals surface area contributed by atoms with Crippen molar-refractivity contribution in [2.24, 2.45) is 0 Å². The van der Waals surface area contributed by atoms with E-state index in [0.29, 0.717) is 37.2 Å². The Hall–Kier alpha value is -3.81. The van der Waals surface area contributed by atoms with Crippen LogP contribution in [0.3, 0.4) is 0 Å². The van der Waals surface area contributed by atoms with Crippen LogP contribution in [0.15, 0.2) is 55.1 Å². The molecule has 3 N–H and O–H groups in total. The van der Waals surface area contributed by atoms with Crippen molar-refractivity contribution in [3.8, 4) is 16.9 Å². The molecular formula is C24H26N4O4. The first-order chi connectivity index (χ1) is 15.5. The standard InChI is InChI=1S/C24H26N4O4/c1-3-11-25-24(31)26-17-10-12-28-21(14-17)22(29)27-20-9-6-16(13-19(20)23(28)30)15-4-7-18(32-2)8-5-15/h3-9,13,17,21H,1,10-12,14H2,2H3,(H,27,29)(H2,25,26,31). The number of rotatable bonds is 5. The summed E-state index contributed by atoms with van der Waals surface area (Å²) in [5, 5.41) is 8.44. The van der Waals surface area contributed by atoms with Crippen molar-refractivity contribution in [2.45, 2.75) is 24.9 Å². The maximum Gasteiger partial charge on any atom is 0.315 e. The molecule has 2 atom stereocenters. The predicted molar refractivity (Wildman–Crippen MR) is 122 cm³/mol. The Balaban J connectivity index is 1.55. The SMILES string of the molecule is C=CCNC(=O)NC1CCN2C(=O)c3cc(-c4ccc(OC)cc4)ccc3NC(=O)C2C1. The average Bonchev–Trinajstić information content (AvgIpc) is 2.92. The lowest BCUT2D eigenvalue weighted by Gasteiger charge is -2.37. The number of nitrogens with zero attached hydrogens (tertiary/aromatic N) is 1. The number of ether oxygens (including phenoxy) is 1. The van der Waals surface area contributed by atoms with Gasteiger partial charge in [0, 0.05) is 19.1 Å². The van der Waals surface area contributed by atoms with E-state index in [2.05, 4.69) is 22.5 Å². The highest BCUT2D eigenvalue weighted by Crippen LogP contribution is 2.32. The van der Waals surface area contributed by atoms with Gasteiger partial charge in [-0.05, 0) is 48.2 Å². The summed E-state index contributed by atoms with van der Waals surface area (Å²) >= 11 is 0. The van der Waals surface area contributed by atoms with Gasteiger partial charge in [0.15, 0.2) is 0 Å². The number of fused-ring (bicyclic) bond motifs is 2. The van der Waals surface area contributed by atoms with Crippen LogP contribution in [0, 0.1) is 0 Å². The summed E-state index contributed by atoms with van der Waals surface area (Å²) in [5.41, 5.74) is 2.79.